The van der Waals surface area contributed by atoms with Gasteiger partial charge < -0.3 is 78.4 Å². The Morgan fingerprint density at radius 3 is 1.12 bits per heavy atom. The van der Waals surface area contributed by atoms with E-state index >= 15 is 0 Å². The van der Waals surface area contributed by atoms with Crippen LogP contribution >= 0.6 is 46.4 Å². The molecule has 0 aliphatic carbocycles. The van der Waals surface area contributed by atoms with Crippen molar-refractivity contribution in [3.05, 3.63) is 163 Å². The minimum absolute atomic E-state index is 0.134. The maximum atomic E-state index is 12.4. The summed E-state index contributed by atoms with van der Waals surface area (Å²) in [5, 5.41) is 31.2. The van der Waals surface area contributed by atoms with Crippen LogP contribution < -0.4 is 21.3 Å². The van der Waals surface area contributed by atoms with Gasteiger partial charge in [0, 0.05) is 93.7 Å². The number of hydrogen-bond acceptors (Lipinski definition) is 18. The second-order valence-electron chi connectivity index (χ2n) is 22.9. The molecule has 518 valence electrons. The van der Waals surface area contributed by atoms with Gasteiger partial charge in [-0.3, -0.25) is 0 Å². The molecule has 5 aromatic carbocycles. The second-order valence-corrected chi connectivity index (χ2v) is 24.5. The quantitative estimate of drug-likeness (QED) is 0.0260. The zero-order chi connectivity index (χ0) is 67.1. The molecule has 0 radical (unpaired) electrons. The molecule has 7 aromatic rings. The first kappa shape index (κ1) is 73.8. The molecule has 0 fully saturated rings. The van der Waals surface area contributed by atoms with Crippen LogP contribution in [-0.2, 0) is 73.5 Å². The van der Waals surface area contributed by atoms with Crippen molar-refractivity contribution in [2.75, 3.05) is 183 Å². The Hall–Kier alpha value is -6.40. The molecular formula is C68H86Cl4N12O12. The third kappa shape index (κ3) is 24.5. The summed E-state index contributed by atoms with van der Waals surface area (Å²) in [6.45, 7) is 13.4. The summed E-state index contributed by atoms with van der Waals surface area (Å²) in [6.07, 6.45) is 3.86. The molecule has 2 atom stereocenters. The first-order valence-electron chi connectivity index (χ1n) is 32.2. The summed E-state index contributed by atoms with van der Waals surface area (Å²) < 4.78 is 59.8. The number of nitrogens with one attached hydrogen (secondary N) is 4. The summed E-state index contributed by atoms with van der Waals surface area (Å²) in [4.78, 5) is 29.3. The van der Waals surface area contributed by atoms with Crippen molar-refractivity contribution in [2.45, 2.75) is 38.0 Å². The predicted octanol–water partition coefficient (Wildman–Crippen LogP) is 9.78. The third-order valence-electron chi connectivity index (χ3n) is 15.6. The summed E-state index contributed by atoms with van der Waals surface area (Å²) >= 11 is 26.0. The molecule has 28 heteroatoms. The van der Waals surface area contributed by atoms with E-state index in [9.17, 15) is 9.59 Å². The molecule has 9 rings (SSSR count). The number of carbonyl (C=O) groups excluding carboxylic acids is 2. The Labute approximate surface area is 580 Å². The van der Waals surface area contributed by atoms with E-state index in [0.29, 0.717) is 190 Å². The SMILES string of the molecule is CN1Cc2c(Cl)cc(Cl)cc2[C@@H](c2cccc(-c3cn(CCOCCOCCOCCOCCOCCNC(=O)Nc4ccc(NC(=O)NCCOCCOCCOCCOCCOCCn5cc(-c6cccc([C@@H]7CN(C)Cc8c(Cl)cc(Cl)cc87)c6)nn5)cc4)nn3)c2)C1. The first-order valence-corrected chi connectivity index (χ1v) is 33.7. The number of aromatic nitrogens is 6. The van der Waals surface area contributed by atoms with Crippen molar-refractivity contribution >= 4 is 69.8 Å². The van der Waals surface area contributed by atoms with Crippen molar-refractivity contribution in [1.82, 2.24) is 50.4 Å². The van der Waals surface area contributed by atoms with E-state index in [1.54, 1.807) is 33.6 Å². The van der Waals surface area contributed by atoms with Gasteiger partial charge in [-0.2, -0.15) is 0 Å². The number of urea groups is 2. The van der Waals surface area contributed by atoms with Gasteiger partial charge in [-0.15, -0.1) is 10.2 Å². The molecule has 0 saturated heterocycles. The summed E-state index contributed by atoms with van der Waals surface area (Å²) in [5.41, 5.74) is 11.6. The molecule has 4 N–H and O–H groups in total. The van der Waals surface area contributed by atoms with Gasteiger partial charge >= 0.3 is 12.1 Å². The van der Waals surface area contributed by atoms with E-state index in [1.165, 1.54) is 22.3 Å². The number of ether oxygens (including phenoxy) is 10. The smallest absolute Gasteiger partial charge is 0.319 e. The van der Waals surface area contributed by atoms with E-state index in [1.807, 2.05) is 48.8 Å². The minimum Gasteiger partial charge on any atom is -0.377 e. The third-order valence-corrected chi connectivity index (χ3v) is 16.7. The Morgan fingerprint density at radius 2 is 0.771 bits per heavy atom. The van der Waals surface area contributed by atoms with Crippen LogP contribution in [0.4, 0.5) is 21.0 Å². The van der Waals surface area contributed by atoms with Gasteiger partial charge in [0.05, 0.1) is 158 Å². The number of rotatable bonds is 42. The lowest BCUT2D eigenvalue weighted by Gasteiger charge is -2.33. The zero-order valence-corrected chi connectivity index (χ0v) is 57.4. The lowest BCUT2D eigenvalue weighted by Crippen LogP contribution is -2.32. The molecule has 4 heterocycles. The normalized spacial score (nSPS) is 14.8. The average Bonchev–Trinajstić information content (AvgIpc) is 0.894. The molecule has 0 spiro atoms. The fourth-order valence-corrected chi connectivity index (χ4v) is 12.0. The maximum absolute atomic E-state index is 12.4. The maximum Gasteiger partial charge on any atom is 0.319 e. The number of amides is 4. The summed E-state index contributed by atoms with van der Waals surface area (Å²) in [5.74, 6) is 0.268. The van der Waals surface area contributed by atoms with Gasteiger partial charge in [0.15, 0.2) is 0 Å². The van der Waals surface area contributed by atoms with Gasteiger partial charge in [-0.25, -0.2) is 19.0 Å². The van der Waals surface area contributed by atoms with Crippen molar-refractivity contribution in [1.29, 1.82) is 0 Å². The molecule has 0 saturated carbocycles. The first-order chi connectivity index (χ1) is 46.9. The van der Waals surface area contributed by atoms with Gasteiger partial charge in [-0.1, -0.05) is 93.2 Å². The van der Waals surface area contributed by atoms with Gasteiger partial charge in [0.1, 0.15) is 11.4 Å². The van der Waals surface area contributed by atoms with Crippen LogP contribution in [0.2, 0.25) is 20.1 Å². The van der Waals surface area contributed by atoms with Crippen LogP contribution in [-0.4, -0.2) is 224 Å². The monoisotopic (exact) mass is 1400 g/mol. The van der Waals surface area contributed by atoms with E-state index in [4.69, 9.17) is 93.8 Å². The standard InChI is InChI=1S/C68H86Cl4N12O12/c1-81-43-59(57-39-53(69)41-63(71)61(57)45-81)49-5-3-7-51(37-49)65-47-83(79-77-65)15-19-89-23-27-93-31-35-95-33-29-91-25-21-87-17-13-73-67(85)75-55-9-11-56(12-10-55)76-68(86)74-14-18-88-22-26-92-30-34-96-36-32-94-28-24-90-20-16-84-48-66(78-80-84)52-8-4-6-50(38-52)60-44-82(2)46-62-58(60)40-54(70)42-64(62)72/h3-12,37-42,47-48,59-60H,13-36,43-46H2,1-2H3,(H2,73,75,85)(H2,74,76,86)/t59-,60+. The summed E-state index contributed by atoms with van der Waals surface area (Å²) in [6, 6.07) is 30.5. The molecule has 0 bridgehead atoms. The highest BCUT2D eigenvalue weighted by molar-refractivity contribution is 6.35. The van der Waals surface area contributed by atoms with Crippen LogP contribution in [0, 0.1) is 0 Å². The Balaban J connectivity index is 0.485. The number of halogens is 4. The number of hydrogen-bond donors (Lipinski definition) is 4. The highest BCUT2D eigenvalue weighted by Crippen LogP contribution is 2.41. The molecule has 2 aliphatic rings. The van der Waals surface area contributed by atoms with Crippen LogP contribution in [0.3, 0.4) is 0 Å². The van der Waals surface area contributed by atoms with E-state index in [2.05, 4.69) is 102 Å². The van der Waals surface area contributed by atoms with E-state index < -0.39 is 0 Å². The Morgan fingerprint density at radius 1 is 0.438 bits per heavy atom. The summed E-state index contributed by atoms with van der Waals surface area (Å²) in [7, 11) is 4.21. The molecular weight excluding hydrogens is 1320 g/mol. The topological polar surface area (TPSA) is 242 Å². The van der Waals surface area contributed by atoms with Crippen molar-refractivity contribution in [3.8, 4) is 22.5 Å². The lowest BCUT2D eigenvalue weighted by atomic mass is 9.84. The van der Waals surface area contributed by atoms with Gasteiger partial charge in [-0.05, 0) is 108 Å². The Bertz CT molecular complexity index is 3280. The van der Waals surface area contributed by atoms with Gasteiger partial charge in [0.2, 0.25) is 0 Å². The number of benzene rings is 5. The number of fused-ring (bicyclic) bond motifs is 2. The van der Waals surface area contributed by atoms with Crippen LogP contribution in [0.25, 0.3) is 22.5 Å². The molecule has 96 heavy (non-hydrogen) atoms. The fraction of sp³-hybridized carbons (Fsp3) is 0.471. The molecule has 0 unspecified atom stereocenters. The van der Waals surface area contributed by atoms with Crippen LogP contribution in [0.5, 0.6) is 0 Å². The number of carbonyl (C=O) groups is 2. The zero-order valence-electron chi connectivity index (χ0n) is 54.3. The van der Waals surface area contributed by atoms with Crippen molar-refractivity contribution in [3.63, 3.8) is 0 Å². The molecule has 2 aliphatic heterocycles. The molecule has 2 aromatic heterocycles. The molecule has 4 amide bonds. The predicted molar refractivity (Wildman–Crippen MR) is 369 cm³/mol. The van der Waals surface area contributed by atoms with Gasteiger partial charge in [0.25, 0.3) is 0 Å². The van der Waals surface area contributed by atoms with Crippen molar-refractivity contribution in [2.24, 2.45) is 0 Å². The number of nitrogens with zero attached hydrogens (tertiary/aromatic N) is 8. The minimum atomic E-state index is -0.383. The lowest BCUT2D eigenvalue weighted by molar-refractivity contribution is -0.0113. The molecule has 24 nitrogen and oxygen atoms in total. The largest absolute Gasteiger partial charge is 0.377 e. The number of likely N-dealkylation sites (N-methyl/N-ethyl adjacent to an activating group) is 2. The van der Waals surface area contributed by atoms with Crippen LogP contribution in [0.15, 0.2) is 109 Å². The Kier molecular flexibility index (Phi) is 31.1. The highest BCUT2D eigenvalue weighted by atomic mass is 35.5. The number of anilines is 2. The highest BCUT2D eigenvalue weighted by Gasteiger charge is 2.29. The fourth-order valence-electron chi connectivity index (χ4n) is 10.9. The second kappa shape index (κ2) is 40.5. The van der Waals surface area contributed by atoms with Crippen molar-refractivity contribution < 1.29 is 57.0 Å². The van der Waals surface area contributed by atoms with Crippen LogP contribution in [0.1, 0.15) is 45.2 Å². The average molecular weight is 1410 g/mol. The van der Waals surface area contributed by atoms with E-state index in [0.717, 1.165) is 59.8 Å². The van der Waals surface area contributed by atoms with E-state index in [-0.39, 0.29) is 23.9 Å².